The van der Waals surface area contributed by atoms with E-state index < -0.39 is 5.82 Å². The minimum Gasteiger partial charge on any atom is -0.506 e. The summed E-state index contributed by atoms with van der Waals surface area (Å²) in [6.07, 6.45) is 0. The number of hydrogen-bond acceptors (Lipinski definition) is 3. The van der Waals surface area contributed by atoms with Gasteiger partial charge in [0.15, 0.2) is 5.82 Å². The predicted molar refractivity (Wildman–Crippen MR) is 39.7 cm³/mol. The molecule has 0 spiro atoms. The molecule has 0 aliphatic carbocycles. The first-order valence-electron chi connectivity index (χ1n) is 2.58. The predicted octanol–water partition coefficient (Wildman–Crippen LogP) is 1.40. The van der Waals surface area contributed by atoms with Gasteiger partial charge in [-0.3, -0.25) is 0 Å². The van der Waals surface area contributed by atoms with Crippen molar-refractivity contribution in [2.24, 2.45) is 0 Å². The first-order valence-corrected chi connectivity index (χ1v) is 3.03. The van der Waals surface area contributed by atoms with E-state index in [-0.39, 0.29) is 11.4 Å². The fraction of sp³-hybridized carbons (Fsp3) is 0. The van der Waals surface area contributed by atoms with Crippen molar-refractivity contribution in [3.8, 4) is 5.75 Å². The van der Waals surface area contributed by atoms with Crippen molar-refractivity contribution < 1.29 is 9.50 Å². The van der Waals surface area contributed by atoms with Crippen LogP contribution < -0.4 is 5.73 Å². The van der Waals surface area contributed by atoms with Crippen molar-refractivity contribution in [3.05, 3.63) is 17.9 Å². The molecule has 0 saturated heterocycles. The van der Waals surface area contributed by atoms with Crippen molar-refractivity contribution >= 4 is 18.3 Å². The highest BCUT2D eigenvalue weighted by Gasteiger charge is 2.03. The average molecular weight is 159 g/mol. The number of thiol groups is 1. The van der Waals surface area contributed by atoms with E-state index in [4.69, 9.17) is 10.8 Å². The molecule has 0 fully saturated rings. The number of hydrogen-bond donors (Lipinski definition) is 3. The number of aromatic hydroxyl groups is 1. The van der Waals surface area contributed by atoms with Crippen molar-refractivity contribution in [1.29, 1.82) is 0 Å². The van der Waals surface area contributed by atoms with Crippen molar-refractivity contribution in [1.82, 2.24) is 0 Å². The molecular weight excluding hydrogens is 153 g/mol. The van der Waals surface area contributed by atoms with Crippen LogP contribution in [0.25, 0.3) is 0 Å². The van der Waals surface area contributed by atoms with Gasteiger partial charge in [0.05, 0.1) is 0 Å². The highest BCUT2D eigenvalue weighted by Crippen LogP contribution is 2.25. The number of benzene rings is 1. The van der Waals surface area contributed by atoms with E-state index in [1.54, 1.807) is 0 Å². The topological polar surface area (TPSA) is 46.2 Å². The van der Waals surface area contributed by atoms with E-state index in [1.807, 2.05) is 0 Å². The van der Waals surface area contributed by atoms with Gasteiger partial charge in [0, 0.05) is 4.90 Å². The normalized spacial score (nSPS) is 9.80. The Hall–Kier alpha value is -0.900. The molecule has 0 atom stereocenters. The third-order valence-electron chi connectivity index (χ3n) is 1.09. The second kappa shape index (κ2) is 2.38. The molecule has 0 radical (unpaired) electrons. The molecule has 0 aliphatic heterocycles. The molecule has 0 saturated carbocycles. The molecule has 1 aromatic rings. The molecule has 0 aromatic heterocycles. The fourth-order valence-corrected chi connectivity index (χ4v) is 0.825. The number of phenols is 1. The van der Waals surface area contributed by atoms with Crippen LogP contribution in [0.4, 0.5) is 10.1 Å². The second-order valence-electron chi connectivity index (χ2n) is 1.86. The lowest BCUT2D eigenvalue weighted by atomic mass is 10.3. The van der Waals surface area contributed by atoms with Gasteiger partial charge < -0.3 is 10.8 Å². The van der Waals surface area contributed by atoms with Crippen LogP contribution in [0.3, 0.4) is 0 Å². The van der Waals surface area contributed by atoms with Gasteiger partial charge >= 0.3 is 0 Å². The van der Waals surface area contributed by atoms with E-state index in [2.05, 4.69) is 12.6 Å². The second-order valence-corrected chi connectivity index (χ2v) is 2.38. The van der Waals surface area contributed by atoms with Crippen molar-refractivity contribution in [2.45, 2.75) is 4.90 Å². The monoisotopic (exact) mass is 159 g/mol. The lowest BCUT2D eigenvalue weighted by molar-refractivity contribution is 0.471. The number of phenolic OH excluding ortho intramolecular Hbond substituents is 1. The summed E-state index contributed by atoms with van der Waals surface area (Å²) in [5.41, 5.74) is 4.85. The molecule has 10 heavy (non-hydrogen) atoms. The smallest absolute Gasteiger partial charge is 0.150 e. The minimum atomic E-state index is -0.648. The summed E-state index contributed by atoms with van der Waals surface area (Å²) in [4.78, 5) is 0.351. The summed E-state index contributed by atoms with van der Waals surface area (Å²) in [7, 11) is 0. The van der Waals surface area contributed by atoms with Crippen LogP contribution in [0, 0.1) is 5.82 Å². The molecule has 2 nitrogen and oxygen atoms in total. The van der Waals surface area contributed by atoms with Gasteiger partial charge in [-0.25, -0.2) is 4.39 Å². The molecule has 0 bridgehead atoms. The summed E-state index contributed by atoms with van der Waals surface area (Å²) in [6.45, 7) is 0. The standard InChI is InChI=1S/C6H6FNOS/c7-4-1-3(10)2-5(9)6(4)8/h1-2,9-10H,8H2. The van der Waals surface area contributed by atoms with Crippen LogP contribution in [-0.2, 0) is 0 Å². The van der Waals surface area contributed by atoms with E-state index in [1.165, 1.54) is 6.07 Å². The maximum absolute atomic E-state index is 12.5. The highest BCUT2D eigenvalue weighted by molar-refractivity contribution is 7.80. The van der Waals surface area contributed by atoms with Crippen LogP contribution >= 0.6 is 12.6 Å². The van der Waals surface area contributed by atoms with Gasteiger partial charge in [0.25, 0.3) is 0 Å². The van der Waals surface area contributed by atoms with Gasteiger partial charge in [-0.2, -0.15) is 0 Å². The maximum atomic E-state index is 12.5. The largest absolute Gasteiger partial charge is 0.506 e. The SMILES string of the molecule is Nc1c(O)cc(S)cc1F. The molecule has 1 rings (SSSR count). The third kappa shape index (κ3) is 1.16. The first-order chi connectivity index (χ1) is 4.61. The molecule has 0 heterocycles. The summed E-state index contributed by atoms with van der Waals surface area (Å²) in [5.74, 6) is -0.921. The van der Waals surface area contributed by atoms with E-state index in [0.29, 0.717) is 4.90 Å². The Morgan fingerprint density at radius 1 is 1.50 bits per heavy atom. The number of nitrogen functional groups attached to an aromatic ring is 1. The third-order valence-corrected chi connectivity index (χ3v) is 1.35. The summed E-state index contributed by atoms with van der Waals surface area (Å²) >= 11 is 3.82. The maximum Gasteiger partial charge on any atom is 0.150 e. The Labute approximate surface area is 62.9 Å². The van der Waals surface area contributed by atoms with E-state index >= 15 is 0 Å². The minimum absolute atomic E-state index is 0.238. The number of halogens is 1. The Balaban J connectivity index is 3.31. The summed E-state index contributed by atoms with van der Waals surface area (Å²) < 4.78 is 12.5. The zero-order valence-corrected chi connectivity index (χ0v) is 5.90. The van der Waals surface area contributed by atoms with E-state index in [0.717, 1.165) is 6.07 Å². The van der Waals surface area contributed by atoms with Gasteiger partial charge in [-0.1, -0.05) is 0 Å². The Bertz CT molecular complexity index is 241. The van der Waals surface area contributed by atoms with Crippen LogP contribution in [0.5, 0.6) is 5.75 Å². The van der Waals surface area contributed by atoms with Crippen LogP contribution in [-0.4, -0.2) is 5.11 Å². The fourth-order valence-electron chi connectivity index (χ4n) is 0.589. The molecule has 0 amide bonds. The van der Waals surface area contributed by atoms with Crippen molar-refractivity contribution in [3.63, 3.8) is 0 Å². The zero-order valence-electron chi connectivity index (χ0n) is 5.00. The van der Waals surface area contributed by atoms with Crippen molar-refractivity contribution in [2.75, 3.05) is 5.73 Å². The lowest BCUT2D eigenvalue weighted by Crippen LogP contribution is -1.90. The molecule has 4 heteroatoms. The number of nitrogens with two attached hydrogens (primary N) is 1. The zero-order chi connectivity index (χ0) is 7.72. The average Bonchev–Trinajstić information content (AvgIpc) is 1.82. The Kier molecular flexibility index (Phi) is 1.72. The molecule has 0 unspecified atom stereocenters. The lowest BCUT2D eigenvalue weighted by Gasteiger charge is -1.99. The highest BCUT2D eigenvalue weighted by atomic mass is 32.1. The first kappa shape index (κ1) is 7.21. The van der Waals surface area contributed by atoms with E-state index in [9.17, 15) is 4.39 Å². The number of rotatable bonds is 0. The molecule has 54 valence electrons. The number of anilines is 1. The van der Waals surface area contributed by atoms with Crippen LogP contribution in [0.2, 0.25) is 0 Å². The Morgan fingerprint density at radius 3 is 2.60 bits per heavy atom. The van der Waals surface area contributed by atoms with Crippen LogP contribution in [0.15, 0.2) is 17.0 Å². The summed E-state index contributed by atoms with van der Waals surface area (Å²) in [5, 5.41) is 8.87. The van der Waals surface area contributed by atoms with Gasteiger partial charge in [0.2, 0.25) is 0 Å². The van der Waals surface area contributed by atoms with Gasteiger partial charge in [0.1, 0.15) is 11.4 Å². The molecule has 0 aliphatic rings. The molecule has 3 N–H and O–H groups in total. The molecule has 1 aromatic carbocycles. The quantitative estimate of drug-likeness (QED) is 0.304. The van der Waals surface area contributed by atoms with Crippen LogP contribution in [0.1, 0.15) is 0 Å². The van der Waals surface area contributed by atoms with Gasteiger partial charge in [-0.15, -0.1) is 12.6 Å². The summed E-state index contributed by atoms with van der Waals surface area (Å²) in [6, 6.07) is 2.42. The molecular formula is C6H6FNOS. The van der Waals surface area contributed by atoms with Gasteiger partial charge in [-0.05, 0) is 12.1 Å². The Morgan fingerprint density at radius 2 is 2.10 bits per heavy atom.